The smallest absolute Gasteiger partial charge is 0.246 e. The van der Waals surface area contributed by atoms with Gasteiger partial charge in [-0.2, -0.15) is 0 Å². The zero-order valence-corrected chi connectivity index (χ0v) is 22.2. The van der Waals surface area contributed by atoms with Crippen LogP contribution in [0.4, 0.5) is 5.69 Å². The maximum absolute atomic E-state index is 14.0. The van der Waals surface area contributed by atoms with Crippen molar-refractivity contribution in [2.45, 2.75) is 76.7 Å². The van der Waals surface area contributed by atoms with E-state index in [2.05, 4.69) is 31.4 Å². The van der Waals surface area contributed by atoms with Gasteiger partial charge in [0.1, 0.15) is 17.4 Å². The number of carbonyl (C=O) groups is 3. The molecule has 8 nitrogen and oxygen atoms in total. The van der Waals surface area contributed by atoms with Crippen molar-refractivity contribution in [3.8, 4) is 5.75 Å². The average Bonchev–Trinajstić information content (AvgIpc) is 3.51. The molecule has 1 aliphatic carbocycles. The Morgan fingerprint density at radius 2 is 2.00 bits per heavy atom. The fourth-order valence-corrected chi connectivity index (χ4v) is 6.62. The number of hydrogen-bond donors (Lipinski definition) is 2. The number of nitrogens with one attached hydrogen (secondary N) is 2. The standard InChI is InChI=1S/C29H39N3O5/c1-17(2)13-15-32-25(27(34)31-21-11-6-5-8-18(21)3)29-14-12-22(37-29)23(24(29)28(32)35)26(33)30-19-9-7-10-20(16-19)36-4/h7,9-10,12,14,16-18,21-25H,5-6,8,11,13,15H2,1-4H3,(H,30,33)(H,31,34)/t18-,21-,22+,23-,24+,25+,29+/m0/s1. The minimum absolute atomic E-state index is 0.0912. The summed E-state index contributed by atoms with van der Waals surface area (Å²) in [6, 6.07) is 6.44. The van der Waals surface area contributed by atoms with Gasteiger partial charge in [0.25, 0.3) is 0 Å². The van der Waals surface area contributed by atoms with Crippen LogP contribution in [-0.2, 0) is 19.1 Å². The van der Waals surface area contributed by atoms with Crippen molar-refractivity contribution in [3.63, 3.8) is 0 Å². The summed E-state index contributed by atoms with van der Waals surface area (Å²) >= 11 is 0. The molecule has 5 rings (SSSR count). The first-order valence-corrected chi connectivity index (χ1v) is 13.7. The summed E-state index contributed by atoms with van der Waals surface area (Å²) < 4.78 is 11.7. The highest BCUT2D eigenvalue weighted by molar-refractivity contribution is 6.02. The summed E-state index contributed by atoms with van der Waals surface area (Å²) in [5, 5.41) is 6.22. The monoisotopic (exact) mass is 509 g/mol. The molecule has 3 amide bonds. The van der Waals surface area contributed by atoms with E-state index in [1.54, 1.807) is 36.3 Å². The van der Waals surface area contributed by atoms with Crippen molar-refractivity contribution in [3.05, 3.63) is 36.4 Å². The first kappa shape index (κ1) is 25.8. The van der Waals surface area contributed by atoms with Crippen LogP contribution in [0.5, 0.6) is 5.75 Å². The van der Waals surface area contributed by atoms with Gasteiger partial charge in [0.15, 0.2) is 0 Å². The maximum Gasteiger partial charge on any atom is 0.246 e. The lowest BCUT2D eigenvalue weighted by molar-refractivity contribution is -0.141. The summed E-state index contributed by atoms with van der Waals surface area (Å²) in [6.07, 6.45) is 8.26. The zero-order valence-electron chi connectivity index (χ0n) is 22.2. The fraction of sp³-hybridized carbons (Fsp3) is 0.621. The Balaban J connectivity index is 1.43. The molecule has 3 aliphatic heterocycles. The molecule has 3 heterocycles. The van der Waals surface area contributed by atoms with E-state index in [0.29, 0.717) is 29.8 Å². The quantitative estimate of drug-likeness (QED) is 0.523. The number of nitrogens with zero attached hydrogens (tertiary/aromatic N) is 1. The van der Waals surface area contributed by atoms with Gasteiger partial charge in [0, 0.05) is 24.3 Å². The maximum atomic E-state index is 14.0. The number of fused-ring (bicyclic) bond motifs is 1. The summed E-state index contributed by atoms with van der Waals surface area (Å²) in [6.45, 7) is 6.84. The van der Waals surface area contributed by atoms with Gasteiger partial charge in [-0.15, -0.1) is 0 Å². The van der Waals surface area contributed by atoms with Gasteiger partial charge >= 0.3 is 0 Å². The van der Waals surface area contributed by atoms with Gasteiger partial charge in [0.2, 0.25) is 17.7 Å². The largest absolute Gasteiger partial charge is 0.497 e. The highest BCUT2D eigenvalue weighted by atomic mass is 16.5. The molecule has 2 bridgehead atoms. The molecule has 37 heavy (non-hydrogen) atoms. The molecule has 0 unspecified atom stereocenters. The van der Waals surface area contributed by atoms with E-state index in [1.165, 1.54) is 6.42 Å². The van der Waals surface area contributed by atoms with Crippen LogP contribution in [0.15, 0.2) is 36.4 Å². The number of likely N-dealkylation sites (tertiary alicyclic amines) is 1. The van der Waals surface area contributed by atoms with Crippen molar-refractivity contribution in [1.82, 2.24) is 10.2 Å². The zero-order chi connectivity index (χ0) is 26.3. The Hall–Kier alpha value is -2.87. The molecule has 1 aromatic rings. The van der Waals surface area contributed by atoms with E-state index in [1.807, 2.05) is 12.2 Å². The lowest BCUT2D eigenvalue weighted by Gasteiger charge is -2.36. The molecule has 200 valence electrons. The first-order valence-electron chi connectivity index (χ1n) is 13.7. The van der Waals surface area contributed by atoms with Gasteiger partial charge < -0.3 is 25.0 Å². The number of methoxy groups -OCH3 is 1. The fourth-order valence-electron chi connectivity index (χ4n) is 6.62. The third-order valence-electron chi connectivity index (χ3n) is 8.65. The van der Waals surface area contributed by atoms with E-state index >= 15 is 0 Å². The molecule has 7 atom stereocenters. The van der Waals surface area contributed by atoms with Gasteiger partial charge in [0.05, 0.1) is 25.0 Å². The second kappa shape index (κ2) is 10.1. The number of amides is 3. The Bertz CT molecular complexity index is 1090. The summed E-state index contributed by atoms with van der Waals surface area (Å²) in [7, 11) is 1.57. The normalized spacial score (nSPS) is 34.1. The Kier molecular flexibility index (Phi) is 7.05. The van der Waals surface area contributed by atoms with Gasteiger partial charge in [-0.1, -0.05) is 51.8 Å². The van der Waals surface area contributed by atoms with E-state index < -0.39 is 29.6 Å². The molecular formula is C29H39N3O5. The Labute approximate surface area is 219 Å². The van der Waals surface area contributed by atoms with E-state index in [4.69, 9.17) is 9.47 Å². The second-order valence-electron chi connectivity index (χ2n) is 11.5. The number of rotatable bonds is 8. The molecule has 2 N–H and O–H groups in total. The number of carbonyl (C=O) groups excluding carboxylic acids is 3. The van der Waals surface area contributed by atoms with Crippen LogP contribution in [0, 0.1) is 23.7 Å². The molecule has 2 saturated heterocycles. The topological polar surface area (TPSA) is 97.0 Å². The predicted molar refractivity (Wildman–Crippen MR) is 140 cm³/mol. The van der Waals surface area contributed by atoms with Crippen molar-refractivity contribution in [1.29, 1.82) is 0 Å². The average molecular weight is 510 g/mol. The van der Waals surface area contributed by atoms with Crippen LogP contribution in [0.1, 0.15) is 52.9 Å². The minimum atomic E-state index is -1.13. The highest BCUT2D eigenvalue weighted by Crippen LogP contribution is 2.55. The van der Waals surface area contributed by atoms with Crippen LogP contribution in [0.3, 0.4) is 0 Å². The molecular weight excluding hydrogens is 470 g/mol. The SMILES string of the molecule is COc1cccc(NC(=O)[C@H]2[C@H]3C=C[C@@]4(O3)[C@H]2C(=O)N(CCC(C)C)[C@@H]4C(=O)N[C@H]2CCCC[C@@H]2C)c1. The number of benzene rings is 1. The second-order valence-corrected chi connectivity index (χ2v) is 11.5. The van der Waals surface area contributed by atoms with E-state index in [0.717, 1.165) is 25.7 Å². The van der Waals surface area contributed by atoms with Crippen LogP contribution in [0.2, 0.25) is 0 Å². The summed E-state index contributed by atoms with van der Waals surface area (Å²) in [5.41, 5.74) is -0.537. The first-order chi connectivity index (χ1) is 17.7. The van der Waals surface area contributed by atoms with E-state index in [-0.39, 0.29) is 23.8 Å². The van der Waals surface area contributed by atoms with Gasteiger partial charge in [-0.3, -0.25) is 14.4 Å². The summed E-state index contributed by atoms with van der Waals surface area (Å²) in [4.78, 5) is 43.1. The molecule has 0 radical (unpaired) electrons. The number of ether oxygens (including phenoxy) is 2. The summed E-state index contributed by atoms with van der Waals surface area (Å²) in [5.74, 6) is -0.681. The van der Waals surface area contributed by atoms with Gasteiger partial charge in [-0.25, -0.2) is 0 Å². The van der Waals surface area contributed by atoms with Crippen LogP contribution in [0.25, 0.3) is 0 Å². The number of hydrogen-bond acceptors (Lipinski definition) is 5. The van der Waals surface area contributed by atoms with Crippen molar-refractivity contribution in [2.24, 2.45) is 23.7 Å². The van der Waals surface area contributed by atoms with Crippen LogP contribution >= 0.6 is 0 Å². The molecule has 1 aromatic carbocycles. The molecule has 3 fully saturated rings. The number of anilines is 1. The molecule has 1 saturated carbocycles. The molecule has 4 aliphatic rings. The molecule has 0 aromatic heterocycles. The minimum Gasteiger partial charge on any atom is -0.497 e. The third-order valence-corrected chi connectivity index (χ3v) is 8.65. The Morgan fingerprint density at radius 1 is 1.22 bits per heavy atom. The van der Waals surface area contributed by atoms with Crippen molar-refractivity contribution < 1.29 is 23.9 Å². The predicted octanol–water partition coefficient (Wildman–Crippen LogP) is 3.53. The molecule has 1 spiro atoms. The van der Waals surface area contributed by atoms with Crippen LogP contribution in [-0.4, -0.2) is 60.1 Å². The van der Waals surface area contributed by atoms with Crippen molar-refractivity contribution >= 4 is 23.4 Å². The Morgan fingerprint density at radius 3 is 2.73 bits per heavy atom. The van der Waals surface area contributed by atoms with Crippen LogP contribution < -0.4 is 15.4 Å². The van der Waals surface area contributed by atoms with E-state index in [9.17, 15) is 14.4 Å². The third kappa shape index (κ3) is 4.54. The van der Waals surface area contributed by atoms with Gasteiger partial charge in [-0.05, 0) is 43.2 Å². The highest BCUT2D eigenvalue weighted by Gasteiger charge is 2.72. The lowest BCUT2D eigenvalue weighted by Crippen LogP contribution is -2.57. The molecule has 8 heteroatoms. The van der Waals surface area contributed by atoms with Crippen molar-refractivity contribution in [2.75, 3.05) is 19.0 Å². The lowest BCUT2D eigenvalue weighted by atomic mass is 9.74.